The van der Waals surface area contributed by atoms with Crippen LogP contribution in [0.3, 0.4) is 0 Å². The Morgan fingerprint density at radius 2 is 2.14 bits per heavy atom. The molecule has 0 saturated heterocycles. The quantitative estimate of drug-likeness (QED) is 0.327. The second-order valence-electron chi connectivity index (χ2n) is 6.34. The van der Waals surface area contributed by atoms with Crippen molar-refractivity contribution in [3.05, 3.63) is 46.0 Å². The SMILES string of the molecule is CCc1nncn1CCNC(=NCCCSC)NC(C)c1ccc(Cl)c(Cl)c1. The Balaban J connectivity index is 1.98. The van der Waals surface area contributed by atoms with Gasteiger partial charge in [0.2, 0.25) is 0 Å². The van der Waals surface area contributed by atoms with E-state index in [0.29, 0.717) is 10.0 Å². The molecule has 154 valence electrons. The lowest BCUT2D eigenvalue weighted by molar-refractivity contribution is 0.619. The molecule has 2 N–H and O–H groups in total. The topological polar surface area (TPSA) is 67.1 Å². The average molecular weight is 443 g/mol. The van der Waals surface area contributed by atoms with Crippen LogP contribution in [-0.2, 0) is 13.0 Å². The average Bonchev–Trinajstić information content (AvgIpc) is 3.14. The van der Waals surface area contributed by atoms with Gasteiger partial charge in [-0.05, 0) is 43.0 Å². The lowest BCUT2D eigenvalue weighted by Crippen LogP contribution is -2.40. The van der Waals surface area contributed by atoms with Gasteiger partial charge >= 0.3 is 0 Å². The largest absolute Gasteiger partial charge is 0.355 e. The fraction of sp³-hybridized carbons (Fsp3) is 0.526. The summed E-state index contributed by atoms with van der Waals surface area (Å²) in [5.74, 6) is 2.86. The number of aromatic nitrogens is 3. The Morgan fingerprint density at radius 1 is 1.32 bits per heavy atom. The lowest BCUT2D eigenvalue weighted by atomic mass is 10.1. The molecule has 2 rings (SSSR count). The van der Waals surface area contributed by atoms with Crippen LogP contribution in [0.5, 0.6) is 0 Å². The molecule has 0 aliphatic heterocycles. The van der Waals surface area contributed by atoms with Crippen molar-refractivity contribution < 1.29 is 0 Å². The highest BCUT2D eigenvalue weighted by Crippen LogP contribution is 2.25. The van der Waals surface area contributed by atoms with E-state index < -0.39 is 0 Å². The molecule has 28 heavy (non-hydrogen) atoms. The van der Waals surface area contributed by atoms with E-state index in [1.165, 1.54) is 0 Å². The molecular formula is C19H28Cl2N6S. The van der Waals surface area contributed by atoms with Crippen molar-refractivity contribution in [3.63, 3.8) is 0 Å². The molecule has 6 nitrogen and oxygen atoms in total. The number of aliphatic imine (C=N–C) groups is 1. The Hall–Kier alpha value is -1.44. The molecule has 0 amide bonds. The number of nitrogens with zero attached hydrogens (tertiary/aromatic N) is 4. The van der Waals surface area contributed by atoms with Gasteiger partial charge in [-0.3, -0.25) is 4.99 Å². The normalized spacial score (nSPS) is 12.8. The third kappa shape index (κ3) is 7.18. The van der Waals surface area contributed by atoms with Crippen LogP contribution in [0, 0.1) is 0 Å². The second-order valence-corrected chi connectivity index (χ2v) is 8.14. The van der Waals surface area contributed by atoms with Crippen molar-refractivity contribution in [2.75, 3.05) is 25.1 Å². The lowest BCUT2D eigenvalue weighted by Gasteiger charge is -2.19. The second kappa shape index (κ2) is 12.2. The maximum Gasteiger partial charge on any atom is 0.191 e. The van der Waals surface area contributed by atoms with Crippen molar-refractivity contribution in [3.8, 4) is 0 Å². The zero-order valence-electron chi connectivity index (χ0n) is 16.6. The van der Waals surface area contributed by atoms with E-state index in [2.05, 4.69) is 45.5 Å². The Morgan fingerprint density at radius 3 is 2.86 bits per heavy atom. The minimum absolute atomic E-state index is 0.0441. The molecule has 0 spiro atoms. The van der Waals surface area contributed by atoms with E-state index in [-0.39, 0.29) is 6.04 Å². The molecule has 0 fully saturated rings. The van der Waals surface area contributed by atoms with Crippen molar-refractivity contribution in [1.29, 1.82) is 0 Å². The van der Waals surface area contributed by atoms with E-state index in [4.69, 9.17) is 28.2 Å². The number of benzene rings is 1. The highest BCUT2D eigenvalue weighted by atomic mass is 35.5. The van der Waals surface area contributed by atoms with Crippen LogP contribution in [0.25, 0.3) is 0 Å². The number of hydrogen-bond acceptors (Lipinski definition) is 4. The maximum atomic E-state index is 6.16. The van der Waals surface area contributed by atoms with Gasteiger partial charge < -0.3 is 15.2 Å². The minimum atomic E-state index is 0.0441. The van der Waals surface area contributed by atoms with Crippen molar-refractivity contribution >= 4 is 40.9 Å². The fourth-order valence-electron chi connectivity index (χ4n) is 2.66. The Bertz CT molecular complexity index is 765. The first-order chi connectivity index (χ1) is 13.5. The Kier molecular flexibility index (Phi) is 9.95. The van der Waals surface area contributed by atoms with Crippen molar-refractivity contribution in [2.45, 2.75) is 39.3 Å². The van der Waals surface area contributed by atoms with Gasteiger partial charge in [-0.15, -0.1) is 10.2 Å². The van der Waals surface area contributed by atoms with E-state index in [0.717, 1.165) is 55.6 Å². The molecule has 1 heterocycles. The molecule has 0 aliphatic rings. The third-order valence-corrected chi connectivity index (χ3v) is 5.67. The molecule has 1 aromatic carbocycles. The fourth-order valence-corrected chi connectivity index (χ4v) is 3.38. The van der Waals surface area contributed by atoms with Gasteiger partial charge in [0.15, 0.2) is 5.96 Å². The summed E-state index contributed by atoms with van der Waals surface area (Å²) in [4.78, 5) is 4.71. The molecule has 1 atom stereocenters. The number of rotatable bonds is 10. The number of halogens is 2. The van der Waals surface area contributed by atoms with Crippen LogP contribution in [0.2, 0.25) is 10.0 Å². The molecule has 0 radical (unpaired) electrons. The van der Waals surface area contributed by atoms with Crippen LogP contribution in [0.1, 0.15) is 37.7 Å². The van der Waals surface area contributed by atoms with E-state index in [1.807, 2.05) is 30.0 Å². The Labute approximate surface area is 181 Å². The maximum absolute atomic E-state index is 6.16. The summed E-state index contributed by atoms with van der Waals surface area (Å²) in [6.07, 6.45) is 5.78. The molecular weight excluding hydrogens is 415 g/mol. The first-order valence-electron chi connectivity index (χ1n) is 9.40. The number of hydrogen-bond donors (Lipinski definition) is 2. The van der Waals surface area contributed by atoms with Crippen LogP contribution >= 0.6 is 35.0 Å². The first kappa shape index (κ1) is 22.8. The van der Waals surface area contributed by atoms with Crippen LogP contribution in [0.15, 0.2) is 29.5 Å². The van der Waals surface area contributed by atoms with Gasteiger partial charge in [0.25, 0.3) is 0 Å². The molecule has 1 aromatic heterocycles. The van der Waals surface area contributed by atoms with Crippen LogP contribution in [-0.4, -0.2) is 45.8 Å². The van der Waals surface area contributed by atoms with E-state index in [1.54, 1.807) is 6.33 Å². The minimum Gasteiger partial charge on any atom is -0.355 e. The van der Waals surface area contributed by atoms with Gasteiger partial charge in [-0.1, -0.05) is 36.2 Å². The molecule has 9 heteroatoms. The van der Waals surface area contributed by atoms with Gasteiger partial charge in [0.1, 0.15) is 12.2 Å². The smallest absolute Gasteiger partial charge is 0.191 e. The molecule has 0 saturated carbocycles. The summed E-state index contributed by atoms with van der Waals surface area (Å²) < 4.78 is 2.06. The summed E-state index contributed by atoms with van der Waals surface area (Å²) in [5.41, 5.74) is 1.06. The van der Waals surface area contributed by atoms with Gasteiger partial charge in [0, 0.05) is 26.1 Å². The molecule has 0 aliphatic carbocycles. The summed E-state index contributed by atoms with van der Waals surface area (Å²) in [6.45, 7) is 6.44. The number of thioether (sulfide) groups is 1. The summed E-state index contributed by atoms with van der Waals surface area (Å²) in [5, 5.41) is 16.1. The highest BCUT2D eigenvalue weighted by molar-refractivity contribution is 7.98. The molecule has 2 aromatic rings. The number of aryl methyl sites for hydroxylation is 1. The monoisotopic (exact) mass is 442 g/mol. The summed E-state index contributed by atoms with van der Waals surface area (Å²) in [6, 6.07) is 5.72. The molecule has 0 bridgehead atoms. The highest BCUT2D eigenvalue weighted by Gasteiger charge is 2.10. The van der Waals surface area contributed by atoms with Crippen molar-refractivity contribution in [1.82, 2.24) is 25.4 Å². The summed E-state index contributed by atoms with van der Waals surface area (Å²) >= 11 is 14.0. The predicted octanol–water partition coefficient (Wildman–Crippen LogP) is 4.20. The van der Waals surface area contributed by atoms with E-state index in [9.17, 15) is 0 Å². The molecule has 1 unspecified atom stereocenters. The van der Waals surface area contributed by atoms with Gasteiger partial charge in [-0.2, -0.15) is 11.8 Å². The predicted molar refractivity (Wildman–Crippen MR) is 121 cm³/mol. The van der Waals surface area contributed by atoms with Crippen LogP contribution < -0.4 is 10.6 Å². The number of guanidine groups is 1. The first-order valence-corrected chi connectivity index (χ1v) is 11.6. The van der Waals surface area contributed by atoms with Gasteiger partial charge in [-0.25, -0.2) is 0 Å². The van der Waals surface area contributed by atoms with E-state index >= 15 is 0 Å². The third-order valence-electron chi connectivity index (χ3n) is 4.23. The standard InChI is InChI=1S/C19H28Cl2N6S/c1-4-18-26-24-13-27(18)10-9-23-19(22-8-5-11-28-3)25-14(2)15-6-7-16(20)17(21)12-15/h6-7,12-14H,4-5,8-11H2,1-3H3,(H2,22,23,25). The van der Waals surface area contributed by atoms with Crippen LogP contribution in [0.4, 0.5) is 0 Å². The van der Waals surface area contributed by atoms with Crippen molar-refractivity contribution in [2.24, 2.45) is 4.99 Å². The van der Waals surface area contributed by atoms with Gasteiger partial charge in [0.05, 0.1) is 16.1 Å². The zero-order valence-corrected chi connectivity index (χ0v) is 18.9. The summed E-state index contributed by atoms with van der Waals surface area (Å²) in [7, 11) is 0. The number of nitrogens with one attached hydrogen (secondary N) is 2. The zero-order chi connectivity index (χ0) is 20.4.